The minimum absolute atomic E-state index is 0.103. The number of hydrogen-bond donors (Lipinski definition) is 2. The van der Waals surface area contributed by atoms with Gasteiger partial charge in [-0.3, -0.25) is 4.99 Å². The Morgan fingerprint density at radius 1 is 1.19 bits per heavy atom. The van der Waals surface area contributed by atoms with Gasteiger partial charge in [0.1, 0.15) is 5.82 Å². The quantitative estimate of drug-likeness (QED) is 0.475. The van der Waals surface area contributed by atoms with Crippen molar-refractivity contribution in [3.8, 4) is 0 Å². The van der Waals surface area contributed by atoms with Crippen LogP contribution in [0.5, 0.6) is 0 Å². The Kier molecular flexibility index (Phi) is 12.6. The molecule has 2 heterocycles. The smallest absolute Gasteiger partial charge is 0.202 e. The van der Waals surface area contributed by atoms with Gasteiger partial charge in [-0.1, -0.05) is 40.3 Å². The van der Waals surface area contributed by atoms with Crippen LogP contribution in [-0.4, -0.2) is 41.2 Å². The Labute approximate surface area is 190 Å². The van der Waals surface area contributed by atoms with E-state index in [0.717, 1.165) is 25.1 Å². The number of thioether (sulfide) groups is 1. The number of rotatable bonds is 5. The standard InChI is InChI=1S/C11H17N5OS.C8H7F.2C2H6/c1-7(2)14-10(12-3)9-11(16-17-15-9)13-4-8-5-18-6-8;9-8-4-3-6-1-2-7(6)5-8;2*1-2/h8H,1,4-6H2,2-3H3,(H,12,14)(H,13,16);3-5H,1-2H2;2*1-2H3. The predicted molar refractivity (Wildman–Crippen MR) is 131 cm³/mol. The second-order valence-electron chi connectivity index (χ2n) is 6.64. The van der Waals surface area contributed by atoms with E-state index in [-0.39, 0.29) is 5.82 Å². The Morgan fingerprint density at radius 3 is 2.32 bits per heavy atom. The molecule has 0 bridgehead atoms. The summed E-state index contributed by atoms with van der Waals surface area (Å²) >= 11 is 1.96. The van der Waals surface area contributed by atoms with Crippen molar-refractivity contribution >= 4 is 23.4 Å². The topological polar surface area (TPSA) is 75.3 Å². The Hall–Kier alpha value is -2.35. The highest BCUT2D eigenvalue weighted by atomic mass is 32.2. The second kappa shape index (κ2) is 14.6. The number of nitrogens with one attached hydrogen (secondary N) is 2. The van der Waals surface area contributed by atoms with E-state index in [2.05, 4.69) is 32.5 Å². The average Bonchev–Trinajstić information content (AvgIpc) is 3.19. The maximum absolute atomic E-state index is 12.4. The SMILES string of the molecule is C=C(C)NC(=NC)c1nonc1NCC1CSC1.CC.CC.Fc1ccc2c(c1)CC2. The Bertz CT molecular complexity index is 833. The first kappa shape index (κ1) is 26.7. The van der Waals surface area contributed by atoms with Crippen LogP contribution in [0.4, 0.5) is 10.2 Å². The van der Waals surface area contributed by atoms with Gasteiger partial charge in [0.05, 0.1) is 0 Å². The third-order valence-corrected chi connectivity index (χ3v) is 5.78. The number of aromatic nitrogens is 2. The van der Waals surface area contributed by atoms with E-state index < -0.39 is 0 Å². The third kappa shape index (κ3) is 8.36. The van der Waals surface area contributed by atoms with Gasteiger partial charge in [0.2, 0.25) is 5.82 Å². The first-order chi connectivity index (χ1) is 15.1. The van der Waals surface area contributed by atoms with E-state index in [4.69, 9.17) is 4.63 Å². The highest BCUT2D eigenvalue weighted by molar-refractivity contribution is 8.00. The normalized spacial score (nSPS) is 14.0. The Balaban J connectivity index is 0.000000308. The zero-order valence-corrected chi connectivity index (χ0v) is 20.4. The highest BCUT2D eigenvalue weighted by Crippen LogP contribution is 2.25. The van der Waals surface area contributed by atoms with Crippen LogP contribution in [-0.2, 0) is 12.8 Å². The molecule has 2 N–H and O–H groups in total. The van der Waals surface area contributed by atoms with Gasteiger partial charge in [0.25, 0.3) is 0 Å². The molecule has 0 atom stereocenters. The first-order valence-electron chi connectivity index (χ1n) is 10.9. The molecule has 8 heteroatoms. The largest absolute Gasteiger partial charge is 0.365 e. The van der Waals surface area contributed by atoms with E-state index in [1.54, 1.807) is 13.1 Å². The Morgan fingerprint density at radius 2 is 1.87 bits per heavy atom. The van der Waals surface area contributed by atoms with Crippen molar-refractivity contribution < 1.29 is 9.02 Å². The molecule has 6 nitrogen and oxygen atoms in total. The van der Waals surface area contributed by atoms with E-state index in [9.17, 15) is 4.39 Å². The van der Waals surface area contributed by atoms with Gasteiger partial charge in [-0.05, 0) is 70.8 Å². The van der Waals surface area contributed by atoms with Crippen molar-refractivity contribution in [1.82, 2.24) is 15.6 Å². The zero-order valence-electron chi connectivity index (χ0n) is 19.6. The van der Waals surface area contributed by atoms with Crippen LogP contribution in [0.1, 0.15) is 51.4 Å². The number of aliphatic imine (C=N–C) groups is 1. The lowest BCUT2D eigenvalue weighted by Gasteiger charge is -2.24. The number of amidine groups is 1. The molecule has 4 rings (SSSR count). The first-order valence-corrected chi connectivity index (χ1v) is 12.0. The lowest BCUT2D eigenvalue weighted by atomic mass is 9.89. The van der Waals surface area contributed by atoms with Gasteiger partial charge in [-0.25, -0.2) is 9.02 Å². The highest BCUT2D eigenvalue weighted by Gasteiger charge is 2.21. The fourth-order valence-corrected chi connectivity index (χ4v) is 3.49. The van der Waals surface area contributed by atoms with Gasteiger partial charge >= 0.3 is 0 Å². The molecule has 1 aliphatic heterocycles. The number of allylic oxidation sites excluding steroid dienone is 1. The summed E-state index contributed by atoms with van der Waals surface area (Å²) in [4.78, 5) is 4.13. The molecule has 0 radical (unpaired) electrons. The molecule has 2 aromatic rings. The van der Waals surface area contributed by atoms with Gasteiger partial charge in [0, 0.05) is 19.3 Å². The summed E-state index contributed by atoms with van der Waals surface area (Å²) in [5.41, 5.74) is 3.89. The lowest BCUT2D eigenvalue weighted by Crippen LogP contribution is -2.28. The summed E-state index contributed by atoms with van der Waals surface area (Å²) in [6.07, 6.45) is 2.20. The van der Waals surface area contributed by atoms with Gasteiger partial charge in [-0.2, -0.15) is 11.8 Å². The van der Waals surface area contributed by atoms with Crippen LogP contribution in [0, 0.1) is 11.7 Å². The number of nitrogens with zero attached hydrogens (tertiary/aromatic N) is 3. The monoisotopic (exact) mass is 449 g/mol. The van der Waals surface area contributed by atoms with Crippen LogP contribution in [0.25, 0.3) is 0 Å². The molecule has 1 saturated heterocycles. The van der Waals surface area contributed by atoms with Crippen LogP contribution >= 0.6 is 11.8 Å². The van der Waals surface area contributed by atoms with Crippen LogP contribution in [0.15, 0.2) is 40.1 Å². The zero-order chi connectivity index (χ0) is 23.2. The van der Waals surface area contributed by atoms with Crippen molar-refractivity contribution in [2.75, 3.05) is 30.4 Å². The molecular weight excluding hydrogens is 413 g/mol. The summed E-state index contributed by atoms with van der Waals surface area (Å²) in [6.45, 7) is 14.5. The van der Waals surface area contributed by atoms with E-state index in [0.29, 0.717) is 23.3 Å². The fraction of sp³-hybridized carbons (Fsp3) is 0.522. The van der Waals surface area contributed by atoms with Crippen molar-refractivity contribution in [1.29, 1.82) is 0 Å². The fourth-order valence-electron chi connectivity index (χ4n) is 2.69. The summed E-state index contributed by atoms with van der Waals surface area (Å²) in [5.74, 6) is 4.23. The van der Waals surface area contributed by atoms with Crippen molar-refractivity contribution in [3.05, 3.63) is 53.1 Å². The number of anilines is 1. The molecule has 0 saturated carbocycles. The molecule has 1 aromatic heterocycles. The number of benzene rings is 1. The predicted octanol–water partition coefficient (Wildman–Crippen LogP) is 5.32. The third-order valence-electron chi connectivity index (χ3n) is 4.37. The molecule has 0 unspecified atom stereocenters. The number of hydrogen-bond acceptors (Lipinski definition) is 6. The van der Waals surface area contributed by atoms with Crippen molar-refractivity contribution in [2.45, 2.75) is 47.5 Å². The molecule has 0 amide bonds. The maximum Gasteiger partial charge on any atom is 0.202 e. The summed E-state index contributed by atoms with van der Waals surface area (Å²) in [5, 5.41) is 14.0. The van der Waals surface area contributed by atoms with Crippen LogP contribution in [0.3, 0.4) is 0 Å². The second-order valence-corrected chi connectivity index (χ2v) is 7.71. The minimum atomic E-state index is -0.103. The number of aryl methyl sites for hydroxylation is 2. The number of halogens is 1. The van der Waals surface area contributed by atoms with Crippen molar-refractivity contribution in [2.24, 2.45) is 10.9 Å². The van der Waals surface area contributed by atoms with Gasteiger partial charge in [0.15, 0.2) is 11.5 Å². The molecule has 0 spiro atoms. The minimum Gasteiger partial charge on any atom is -0.365 e. The number of fused-ring (bicyclic) bond motifs is 1. The summed E-state index contributed by atoms with van der Waals surface area (Å²) in [7, 11) is 1.69. The van der Waals surface area contributed by atoms with E-state index >= 15 is 0 Å². The molecule has 1 aromatic carbocycles. The van der Waals surface area contributed by atoms with Crippen molar-refractivity contribution in [3.63, 3.8) is 0 Å². The van der Waals surface area contributed by atoms with E-state index in [1.165, 1.54) is 28.7 Å². The molecular formula is C23H36FN5OS. The molecule has 1 fully saturated rings. The van der Waals surface area contributed by atoms with Crippen LogP contribution < -0.4 is 10.6 Å². The molecule has 1 aliphatic carbocycles. The molecule has 31 heavy (non-hydrogen) atoms. The van der Waals surface area contributed by atoms with Crippen LogP contribution in [0.2, 0.25) is 0 Å². The maximum atomic E-state index is 12.4. The van der Waals surface area contributed by atoms with Gasteiger partial charge in [-0.15, -0.1) is 0 Å². The average molecular weight is 450 g/mol. The summed E-state index contributed by atoms with van der Waals surface area (Å²) in [6, 6.07) is 5.02. The van der Waals surface area contributed by atoms with Gasteiger partial charge < -0.3 is 10.6 Å². The lowest BCUT2D eigenvalue weighted by molar-refractivity contribution is 0.307. The summed E-state index contributed by atoms with van der Waals surface area (Å²) < 4.78 is 17.2. The van der Waals surface area contributed by atoms with E-state index in [1.807, 2.05) is 52.4 Å². The molecule has 2 aliphatic rings. The molecule has 172 valence electrons.